The average Bonchev–Trinajstić information content (AvgIpc) is 2.35. The maximum atomic E-state index is 13.5. The van der Waals surface area contributed by atoms with Crippen LogP contribution in [0.25, 0.3) is 0 Å². The van der Waals surface area contributed by atoms with Gasteiger partial charge >= 0.3 is 0 Å². The average molecular weight is 250 g/mol. The van der Waals surface area contributed by atoms with E-state index in [4.69, 9.17) is 0 Å². The summed E-state index contributed by atoms with van der Waals surface area (Å²) in [4.78, 5) is 0. The van der Waals surface area contributed by atoms with Crippen molar-refractivity contribution in [2.24, 2.45) is 11.8 Å². The van der Waals surface area contributed by atoms with Gasteiger partial charge in [0.25, 0.3) is 0 Å². The molecule has 102 valence electrons. The van der Waals surface area contributed by atoms with E-state index in [1.165, 1.54) is 25.7 Å². The molecular formula is C17H27F. The lowest BCUT2D eigenvalue weighted by Crippen LogP contribution is -2.05. The molecule has 0 spiro atoms. The highest BCUT2D eigenvalue weighted by molar-refractivity contribution is 5.23. The van der Waals surface area contributed by atoms with E-state index in [0.717, 1.165) is 23.5 Å². The molecule has 0 aliphatic rings. The van der Waals surface area contributed by atoms with Gasteiger partial charge in [-0.15, -0.1) is 0 Å². The molecule has 18 heavy (non-hydrogen) atoms. The first-order chi connectivity index (χ1) is 8.56. The third kappa shape index (κ3) is 4.80. The number of benzene rings is 1. The molecule has 1 heteroatoms. The minimum absolute atomic E-state index is 0.0697. The minimum Gasteiger partial charge on any atom is -0.207 e. The Balaban J connectivity index is 2.44. The Hall–Kier alpha value is -0.850. The first kappa shape index (κ1) is 15.2. The predicted octanol–water partition coefficient (Wildman–Crippen LogP) is 5.53. The van der Waals surface area contributed by atoms with Crippen LogP contribution >= 0.6 is 0 Å². The monoisotopic (exact) mass is 250 g/mol. The van der Waals surface area contributed by atoms with Gasteiger partial charge in [0, 0.05) is 0 Å². The number of aryl methyl sites for hydroxylation is 1. The van der Waals surface area contributed by atoms with Crippen LogP contribution in [0.4, 0.5) is 4.39 Å². The van der Waals surface area contributed by atoms with Gasteiger partial charge in [-0.2, -0.15) is 0 Å². The lowest BCUT2D eigenvalue weighted by atomic mass is 9.90. The number of halogens is 1. The maximum Gasteiger partial charge on any atom is 0.126 e. The van der Waals surface area contributed by atoms with Crippen LogP contribution in [0, 0.1) is 24.6 Å². The van der Waals surface area contributed by atoms with E-state index in [0.29, 0.717) is 5.92 Å². The second-order valence-electron chi connectivity index (χ2n) is 5.65. The van der Waals surface area contributed by atoms with E-state index in [9.17, 15) is 4.39 Å². The van der Waals surface area contributed by atoms with E-state index in [-0.39, 0.29) is 5.82 Å². The molecule has 1 unspecified atom stereocenters. The molecule has 0 fully saturated rings. The second-order valence-corrected chi connectivity index (χ2v) is 5.65. The summed E-state index contributed by atoms with van der Waals surface area (Å²) in [5, 5.41) is 0. The van der Waals surface area contributed by atoms with Gasteiger partial charge in [-0.25, -0.2) is 4.39 Å². The van der Waals surface area contributed by atoms with Crippen LogP contribution in [-0.2, 0) is 6.42 Å². The maximum absolute atomic E-state index is 13.5. The highest BCUT2D eigenvalue weighted by Gasteiger charge is 2.09. The van der Waals surface area contributed by atoms with Gasteiger partial charge in [0.15, 0.2) is 0 Å². The molecule has 1 aromatic carbocycles. The Bertz CT molecular complexity index is 353. The molecule has 0 heterocycles. The highest BCUT2D eigenvalue weighted by Crippen LogP contribution is 2.21. The molecule has 1 atom stereocenters. The first-order valence-electron chi connectivity index (χ1n) is 7.31. The Morgan fingerprint density at radius 3 is 2.33 bits per heavy atom. The van der Waals surface area contributed by atoms with Crippen LogP contribution in [0.3, 0.4) is 0 Å². The zero-order valence-electron chi connectivity index (χ0n) is 12.3. The predicted molar refractivity (Wildman–Crippen MR) is 77.3 cm³/mol. The zero-order chi connectivity index (χ0) is 13.5. The van der Waals surface area contributed by atoms with Crippen LogP contribution < -0.4 is 0 Å². The molecule has 0 radical (unpaired) electrons. The second kappa shape index (κ2) is 7.56. The molecule has 0 nitrogen and oxygen atoms in total. The van der Waals surface area contributed by atoms with Crippen molar-refractivity contribution in [2.45, 2.75) is 59.8 Å². The van der Waals surface area contributed by atoms with Crippen molar-refractivity contribution in [1.29, 1.82) is 0 Å². The molecular weight excluding hydrogens is 223 g/mol. The third-order valence-electron chi connectivity index (χ3n) is 4.04. The quantitative estimate of drug-likeness (QED) is 0.597. The summed E-state index contributed by atoms with van der Waals surface area (Å²) in [6, 6.07) is 5.65. The molecule has 0 bridgehead atoms. The molecule has 0 aromatic heterocycles. The normalized spacial score (nSPS) is 13.0. The van der Waals surface area contributed by atoms with Crippen molar-refractivity contribution >= 4 is 0 Å². The van der Waals surface area contributed by atoms with Crippen LogP contribution in [-0.4, -0.2) is 0 Å². The van der Waals surface area contributed by atoms with E-state index in [1.54, 1.807) is 6.07 Å². The Morgan fingerprint density at radius 2 is 1.78 bits per heavy atom. The number of hydrogen-bond acceptors (Lipinski definition) is 0. The third-order valence-corrected chi connectivity index (χ3v) is 4.04. The van der Waals surface area contributed by atoms with Crippen molar-refractivity contribution in [3.05, 3.63) is 35.1 Å². The van der Waals surface area contributed by atoms with Crippen LogP contribution in [0.5, 0.6) is 0 Å². The molecule has 0 saturated heterocycles. The highest BCUT2D eigenvalue weighted by atomic mass is 19.1. The van der Waals surface area contributed by atoms with Crippen molar-refractivity contribution in [3.63, 3.8) is 0 Å². The summed E-state index contributed by atoms with van der Waals surface area (Å²) < 4.78 is 13.5. The van der Waals surface area contributed by atoms with Gasteiger partial charge in [0.1, 0.15) is 5.82 Å². The largest absolute Gasteiger partial charge is 0.207 e. The smallest absolute Gasteiger partial charge is 0.126 e. The van der Waals surface area contributed by atoms with Crippen LogP contribution in [0.1, 0.15) is 57.6 Å². The SMILES string of the molecule is CCC(CC)CCC(C)Cc1ccc(C)c(F)c1. The fraction of sp³-hybridized carbons (Fsp3) is 0.647. The lowest BCUT2D eigenvalue weighted by Gasteiger charge is -2.16. The van der Waals surface area contributed by atoms with E-state index >= 15 is 0 Å². The Labute approximate surface area is 112 Å². The molecule has 0 aliphatic heterocycles. The van der Waals surface area contributed by atoms with Crippen molar-refractivity contribution in [1.82, 2.24) is 0 Å². The summed E-state index contributed by atoms with van der Waals surface area (Å²) in [5.41, 5.74) is 1.87. The summed E-state index contributed by atoms with van der Waals surface area (Å²) in [6.07, 6.45) is 6.12. The minimum atomic E-state index is -0.0697. The van der Waals surface area contributed by atoms with Gasteiger partial charge in [-0.1, -0.05) is 58.6 Å². The van der Waals surface area contributed by atoms with Crippen molar-refractivity contribution < 1.29 is 4.39 Å². The molecule has 0 aliphatic carbocycles. The molecule has 1 rings (SSSR count). The van der Waals surface area contributed by atoms with Gasteiger partial charge in [-0.05, 0) is 42.4 Å². The standard InChI is InChI=1S/C17H27F/c1-5-15(6-2)9-7-13(3)11-16-10-8-14(4)17(18)12-16/h8,10,12-13,15H,5-7,9,11H2,1-4H3. The Kier molecular flexibility index (Phi) is 6.38. The summed E-state index contributed by atoms with van der Waals surface area (Å²) in [5.74, 6) is 1.44. The molecule has 1 aromatic rings. The van der Waals surface area contributed by atoms with E-state index in [1.807, 2.05) is 13.0 Å². The van der Waals surface area contributed by atoms with Crippen molar-refractivity contribution in [3.8, 4) is 0 Å². The van der Waals surface area contributed by atoms with E-state index < -0.39 is 0 Å². The molecule has 0 N–H and O–H groups in total. The van der Waals surface area contributed by atoms with Gasteiger partial charge in [-0.3, -0.25) is 0 Å². The zero-order valence-corrected chi connectivity index (χ0v) is 12.3. The number of hydrogen-bond donors (Lipinski definition) is 0. The topological polar surface area (TPSA) is 0 Å². The fourth-order valence-corrected chi connectivity index (χ4v) is 2.48. The fourth-order valence-electron chi connectivity index (χ4n) is 2.48. The molecule has 0 saturated carbocycles. The molecule has 0 amide bonds. The van der Waals surface area contributed by atoms with E-state index in [2.05, 4.69) is 26.8 Å². The van der Waals surface area contributed by atoms with Gasteiger partial charge in [0.05, 0.1) is 0 Å². The van der Waals surface area contributed by atoms with Gasteiger partial charge in [0.2, 0.25) is 0 Å². The van der Waals surface area contributed by atoms with Crippen LogP contribution in [0.15, 0.2) is 18.2 Å². The summed E-state index contributed by atoms with van der Waals surface area (Å²) >= 11 is 0. The number of rotatable bonds is 7. The lowest BCUT2D eigenvalue weighted by molar-refractivity contribution is 0.389. The summed E-state index contributed by atoms with van der Waals surface area (Å²) in [7, 11) is 0. The van der Waals surface area contributed by atoms with Gasteiger partial charge < -0.3 is 0 Å². The van der Waals surface area contributed by atoms with Crippen molar-refractivity contribution in [2.75, 3.05) is 0 Å². The summed E-state index contributed by atoms with van der Waals surface area (Å²) in [6.45, 7) is 8.64. The van der Waals surface area contributed by atoms with Crippen LogP contribution in [0.2, 0.25) is 0 Å². The first-order valence-corrected chi connectivity index (χ1v) is 7.31. The Morgan fingerprint density at radius 1 is 1.11 bits per heavy atom.